The van der Waals surface area contributed by atoms with Crippen LogP contribution in [-0.4, -0.2) is 37.3 Å². The van der Waals surface area contributed by atoms with Crippen LogP contribution in [0.15, 0.2) is 12.3 Å². The van der Waals surface area contributed by atoms with Crippen LogP contribution in [0.2, 0.25) is 0 Å². The first kappa shape index (κ1) is 13.2. The molecule has 0 amide bonds. The van der Waals surface area contributed by atoms with Crippen molar-refractivity contribution in [2.45, 2.75) is 32.6 Å². The second-order valence-electron chi connectivity index (χ2n) is 4.80. The van der Waals surface area contributed by atoms with E-state index in [0.29, 0.717) is 31.0 Å². The lowest BCUT2D eigenvalue weighted by atomic mass is 10.2. The highest BCUT2D eigenvalue weighted by Gasteiger charge is 2.25. The van der Waals surface area contributed by atoms with Crippen molar-refractivity contribution in [3.63, 3.8) is 0 Å². The minimum atomic E-state index is -0.229. The van der Waals surface area contributed by atoms with Crippen molar-refractivity contribution in [1.29, 1.82) is 0 Å². The summed E-state index contributed by atoms with van der Waals surface area (Å²) >= 11 is 0. The molecule has 0 radical (unpaired) electrons. The molecule has 5 heteroatoms. The zero-order valence-electron chi connectivity index (χ0n) is 11.1. The summed E-state index contributed by atoms with van der Waals surface area (Å²) in [5, 5.41) is 2.96. The van der Waals surface area contributed by atoms with Gasteiger partial charge in [-0.25, -0.2) is 9.37 Å². The molecular weight excluding hydrogens is 233 g/mol. The average Bonchev–Trinajstić information content (AvgIpc) is 2.31. The second kappa shape index (κ2) is 5.63. The summed E-state index contributed by atoms with van der Waals surface area (Å²) < 4.78 is 20.0. The molecule has 18 heavy (non-hydrogen) atoms. The van der Waals surface area contributed by atoms with Gasteiger partial charge in [-0.2, -0.15) is 0 Å². The number of rotatable bonds is 3. The predicted molar refractivity (Wildman–Crippen MR) is 69.2 cm³/mol. The van der Waals surface area contributed by atoms with E-state index in [4.69, 9.17) is 4.74 Å². The molecule has 0 spiro atoms. The molecule has 1 aliphatic rings. The summed E-state index contributed by atoms with van der Waals surface area (Å²) in [6, 6.07) is 1.71. The lowest BCUT2D eigenvalue weighted by Crippen LogP contribution is -2.46. The Balaban J connectivity index is 2.24. The van der Waals surface area contributed by atoms with E-state index in [1.807, 2.05) is 18.7 Å². The van der Waals surface area contributed by atoms with Crippen LogP contribution in [0.3, 0.4) is 0 Å². The van der Waals surface area contributed by atoms with Crippen LogP contribution < -0.4 is 10.2 Å². The Labute approximate surface area is 107 Å². The average molecular weight is 253 g/mol. The summed E-state index contributed by atoms with van der Waals surface area (Å²) in [5.41, 5.74) is 0.647. The van der Waals surface area contributed by atoms with Crippen LogP contribution in [0.5, 0.6) is 0 Å². The molecule has 2 heterocycles. The van der Waals surface area contributed by atoms with Gasteiger partial charge in [0, 0.05) is 31.4 Å². The number of hydrogen-bond donors (Lipinski definition) is 1. The Morgan fingerprint density at radius 3 is 2.72 bits per heavy atom. The van der Waals surface area contributed by atoms with Crippen molar-refractivity contribution < 1.29 is 9.13 Å². The SMILES string of the molecule is CNCc1ccnc(N2C[C@@H](C)O[C@@H](C)C2)c1F. The minimum absolute atomic E-state index is 0.0999. The predicted octanol–water partition coefficient (Wildman–Crippen LogP) is 1.55. The number of aromatic nitrogens is 1. The lowest BCUT2D eigenvalue weighted by molar-refractivity contribution is -0.00566. The zero-order valence-corrected chi connectivity index (χ0v) is 11.1. The van der Waals surface area contributed by atoms with Crippen molar-refractivity contribution in [2.24, 2.45) is 0 Å². The molecular formula is C13H20FN3O. The maximum Gasteiger partial charge on any atom is 0.170 e. The van der Waals surface area contributed by atoms with Gasteiger partial charge in [0.2, 0.25) is 0 Å². The Morgan fingerprint density at radius 1 is 1.44 bits per heavy atom. The van der Waals surface area contributed by atoms with E-state index in [-0.39, 0.29) is 18.0 Å². The first-order valence-corrected chi connectivity index (χ1v) is 6.30. The molecule has 2 atom stereocenters. The number of ether oxygens (including phenoxy) is 1. The lowest BCUT2D eigenvalue weighted by Gasteiger charge is -2.36. The Morgan fingerprint density at radius 2 is 2.11 bits per heavy atom. The van der Waals surface area contributed by atoms with E-state index >= 15 is 0 Å². The first-order chi connectivity index (χ1) is 8.61. The fourth-order valence-electron chi connectivity index (χ4n) is 2.37. The number of halogens is 1. The molecule has 0 aromatic carbocycles. The number of nitrogens with one attached hydrogen (secondary N) is 1. The van der Waals surface area contributed by atoms with E-state index < -0.39 is 0 Å². The number of anilines is 1. The van der Waals surface area contributed by atoms with Gasteiger partial charge in [0.05, 0.1) is 12.2 Å². The van der Waals surface area contributed by atoms with Gasteiger partial charge in [-0.1, -0.05) is 0 Å². The van der Waals surface area contributed by atoms with Crippen LogP contribution in [0, 0.1) is 5.82 Å². The third-order valence-corrected chi connectivity index (χ3v) is 3.04. The van der Waals surface area contributed by atoms with Gasteiger partial charge in [-0.3, -0.25) is 0 Å². The number of nitrogens with zero attached hydrogens (tertiary/aromatic N) is 2. The monoisotopic (exact) mass is 253 g/mol. The van der Waals surface area contributed by atoms with Crippen LogP contribution in [0.4, 0.5) is 10.2 Å². The molecule has 1 N–H and O–H groups in total. The van der Waals surface area contributed by atoms with Crippen LogP contribution in [0.1, 0.15) is 19.4 Å². The van der Waals surface area contributed by atoms with Crippen LogP contribution >= 0.6 is 0 Å². The smallest absolute Gasteiger partial charge is 0.170 e. The standard InChI is InChI=1S/C13H20FN3O/c1-9-7-17(8-10(2)18-9)13-12(14)11(6-15-3)4-5-16-13/h4-5,9-10,15H,6-8H2,1-3H3/t9-,10+. The van der Waals surface area contributed by atoms with Crippen molar-refractivity contribution in [1.82, 2.24) is 10.3 Å². The molecule has 1 aliphatic heterocycles. The Hall–Kier alpha value is -1.20. The van der Waals surface area contributed by atoms with E-state index in [0.717, 1.165) is 0 Å². The molecule has 0 aliphatic carbocycles. The highest BCUT2D eigenvalue weighted by molar-refractivity contribution is 5.43. The highest BCUT2D eigenvalue weighted by atomic mass is 19.1. The summed E-state index contributed by atoms with van der Waals surface area (Å²) in [6.07, 6.45) is 1.86. The van der Waals surface area contributed by atoms with Crippen LogP contribution in [0.25, 0.3) is 0 Å². The van der Waals surface area contributed by atoms with Crippen molar-refractivity contribution in [3.05, 3.63) is 23.6 Å². The third-order valence-electron chi connectivity index (χ3n) is 3.04. The quantitative estimate of drug-likeness (QED) is 0.887. The minimum Gasteiger partial charge on any atom is -0.372 e. The number of morpholine rings is 1. The van der Waals surface area contributed by atoms with E-state index in [1.54, 1.807) is 19.3 Å². The van der Waals surface area contributed by atoms with Crippen molar-refractivity contribution in [3.8, 4) is 0 Å². The second-order valence-corrected chi connectivity index (χ2v) is 4.80. The molecule has 100 valence electrons. The van der Waals surface area contributed by atoms with Gasteiger partial charge in [-0.15, -0.1) is 0 Å². The van der Waals surface area contributed by atoms with Crippen LogP contribution in [-0.2, 0) is 11.3 Å². The van der Waals surface area contributed by atoms with Gasteiger partial charge >= 0.3 is 0 Å². The third kappa shape index (κ3) is 2.79. The van der Waals surface area contributed by atoms with Gasteiger partial charge in [0.1, 0.15) is 0 Å². The topological polar surface area (TPSA) is 37.4 Å². The summed E-state index contributed by atoms with van der Waals surface area (Å²) in [6.45, 7) is 5.86. The number of hydrogen-bond acceptors (Lipinski definition) is 4. The molecule has 1 aromatic rings. The highest BCUT2D eigenvalue weighted by Crippen LogP contribution is 2.23. The molecule has 1 aromatic heterocycles. The first-order valence-electron chi connectivity index (χ1n) is 6.30. The molecule has 1 fully saturated rings. The van der Waals surface area contributed by atoms with Crippen molar-refractivity contribution in [2.75, 3.05) is 25.0 Å². The summed E-state index contributed by atoms with van der Waals surface area (Å²) in [5.74, 6) is 0.206. The Bertz CT molecular complexity index is 403. The molecule has 0 saturated carbocycles. The fraction of sp³-hybridized carbons (Fsp3) is 0.615. The van der Waals surface area contributed by atoms with E-state index in [2.05, 4.69) is 10.3 Å². The summed E-state index contributed by atoms with van der Waals surface area (Å²) in [7, 11) is 1.80. The fourth-order valence-corrected chi connectivity index (χ4v) is 2.37. The van der Waals surface area contributed by atoms with E-state index in [1.165, 1.54) is 0 Å². The Kier molecular flexibility index (Phi) is 4.14. The van der Waals surface area contributed by atoms with Crippen molar-refractivity contribution >= 4 is 5.82 Å². The van der Waals surface area contributed by atoms with Gasteiger partial charge in [0.15, 0.2) is 11.6 Å². The van der Waals surface area contributed by atoms with Gasteiger partial charge < -0.3 is 15.0 Å². The van der Waals surface area contributed by atoms with Gasteiger partial charge in [-0.05, 0) is 27.0 Å². The van der Waals surface area contributed by atoms with Gasteiger partial charge in [0.25, 0.3) is 0 Å². The number of pyridine rings is 1. The molecule has 1 saturated heterocycles. The normalized spacial score (nSPS) is 24.3. The molecule has 2 rings (SSSR count). The largest absolute Gasteiger partial charge is 0.372 e. The summed E-state index contributed by atoms with van der Waals surface area (Å²) in [4.78, 5) is 6.15. The maximum absolute atomic E-state index is 14.3. The molecule has 0 unspecified atom stereocenters. The molecule has 4 nitrogen and oxygen atoms in total. The maximum atomic E-state index is 14.3. The zero-order chi connectivity index (χ0) is 13.1. The van der Waals surface area contributed by atoms with E-state index in [9.17, 15) is 4.39 Å². The molecule has 0 bridgehead atoms.